The number of sulfone groups is 1. The number of H-pyrrole nitrogens is 1. The van der Waals surface area contributed by atoms with Crippen molar-refractivity contribution < 1.29 is 17.9 Å². The van der Waals surface area contributed by atoms with Gasteiger partial charge in [0.1, 0.15) is 16.2 Å². The molecule has 0 unspecified atom stereocenters. The molecule has 152 valence electrons. The largest absolute Gasteiger partial charge is 0.454 e. The highest BCUT2D eigenvalue weighted by atomic mass is 32.2. The van der Waals surface area contributed by atoms with Gasteiger partial charge in [0, 0.05) is 11.9 Å². The van der Waals surface area contributed by atoms with Crippen LogP contribution in [0.2, 0.25) is 0 Å². The van der Waals surface area contributed by atoms with Crippen LogP contribution in [0.25, 0.3) is 10.9 Å². The van der Waals surface area contributed by atoms with Gasteiger partial charge in [0.05, 0.1) is 11.1 Å². The summed E-state index contributed by atoms with van der Waals surface area (Å²) in [4.78, 5) is 12.5. The van der Waals surface area contributed by atoms with Crippen molar-refractivity contribution in [1.82, 2.24) is 14.8 Å². The van der Waals surface area contributed by atoms with Crippen LogP contribution in [0.3, 0.4) is 0 Å². The fraction of sp³-hybridized carbons (Fsp3) is 0.100. The first-order valence-electron chi connectivity index (χ1n) is 9.01. The van der Waals surface area contributed by atoms with E-state index < -0.39 is 15.4 Å². The third-order valence-corrected chi connectivity index (χ3v) is 6.83. The zero-order valence-corrected chi connectivity index (χ0v) is 16.3. The van der Waals surface area contributed by atoms with E-state index in [9.17, 15) is 13.2 Å². The first kappa shape index (κ1) is 18.3. The van der Waals surface area contributed by atoms with Crippen LogP contribution < -0.4 is 20.8 Å². The normalized spacial score (nSPS) is 13.1. The highest BCUT2D eigenvalue weighted by molar-refractivity contribution is 7.92. The first-order valence-corrected chi connectivity index (χ1v) is 10.5. The zero-order chi connectivity index (χ0) is 20.9. The van der Waals surface area contributed by atoms with E-state index in [0.717, 1.165) is 5.56 Å². The summed E-state index contributed by atoms with van der Waals surface area (Å²) >= 11 is 0. The Morgan fingerprint density at radius 2 is 1.87 bits per heavy atom. The molecule has 0 spiro atoms. The molecule has 0 atom stereocenters. The second kappa shape index (κ2) is 6.63. The molecule has 30 heavy (non-hydrogen) atoms. The van der Waals surface area contributed by atoms with E-state index in [0.29, 0.717) is 11.5 Å². The number of nitrogen functional groups attached to an aromatic ring is 1. The fourth-order valence-electron chi connectivity index (χ4n) is 3.59. The molecule has 0 aliphatic carbocycles. The van der Waals surface area contributed by atoms with Gasteiger partial charge in [0.15, 0.2) is 11.5 Å². The number of ether oxygens (including phenoxy) is 2. The molecule has 2 aromatic heterocycles. The standard InChI is InChI=1S/C20H16N4O5S/c21-19-18(30(26,27)13-4-2-1-3-5-13)14-9-22-23-20(25)17(14)24(19)10-12-6-7-15-16(8-12)29-11-28-15/h1-9H,10-11,21H2,(H,23,25). The van der Waals surface area contributed by atoms with Crippen molar-refractivity contribution in [3.05, 3.63) is 70.6 Å². The lowest BCUT2D eigenvalue weighted by atomic mass is 10.2. The van der Waals surface area contributed by atoms with Crippen molar-refractivity contribution >= 4 is 26.6 Å². The van der Waals surface area contributed by atoms with E-state index in [1.165, 1.54) is 22.9 Å². The van der Waals surface area contributed by atoms with Gasteiger partial charge in [-0.3, -0.25) is 4.79 Å². The number of anilines is 1. The molecule has 1 aliphatic heterocycles. The molecule has 0 radical (unpaired) electrons. The molecule has 0 fully saturated rings. The third-order valence-electron chi connectivity index (χ3n) is 4.97. The lowest BCUT2D eigenvalue weighted by molar-refractivity contribution is 0.174. The minimum absolute atomic E-state index is 0.0370. The van der Waals surface area contributed by atoms with Crippen LogP contribution in [0.5, 0.6) is 11.5 Å². The van der Waals surface area contributed by atoms with E-state index in [2.05, 4.69) is 10.2 Å². The van der Waals surface area contributed by atoms with Crippen LogP contribution in [0.1, 0.15) is 5.56 Å². The van der Waals surface area contributed by atoms with Crippen LogP contribution in [0.4, 0.5) is 5.82 Å². The third kappa shape index (κ3) is 2.72. The molecule has 2 aromatic carbocycles. The zero-order valence-electron chi connectivity index (χ0n) is 15.5. The highest BCUT2D eigenvalue weighted by Gasteiger charge is 2.29. The van der Waals surface area contributed by atoms with Crippen LogP contribution in [-0.2, 0) is 16.4 Å². The van der Waals surface area contributed by atoms with Gasteiger partial charge in [0.25, 0.3) is 5.56 Å². The Labute approximate surface area is 170 Å². The molecule has 5 rings (SSSR count). The number of nitrogens with zero attached hydrogens (tertiary/aromatic N) is 2. The second-order valence-corrected chi connectivity index (χ2v) is 8.65. The van der Waals surface area contributed by atoms with E-state index in [1.54, 1.807) is 36.4 Å². The minimum atomic E-state index is -3.98. The summed E-state index contributed by atoms with van der Waals surface area (Å²) in [5.74, 6) is 1.17. The van der Waals surface area contributed by atoms with Crippen molar-refractivity contribution in [2.45, 2.75) is 16.3 Å². The molecule has 1 aliphatic rings. The maximum Gasteiger partial charge on any atom is 0.288 e. The Balaban J connectivity index is 1.72. The van der Waals surface area contributed by atoms with Crippen LogP contribution in [0, 0.1) is 0 Å². The van der Waals surface area contributed by atoms with Crippen molar-refractivity contribution in [2.24, 2.45) is 0 Å². The monoisotopic (exact) mass is 424 g/mol. The Morgan fingerprint density at radius 1 is 1.10 bits per heavy atom. The number of benzene rings is 2. The Morgan fingerprint density at radius 3 is 2.67 bits per heavy atom. The fourth-order valence-corrected chi connectivity index (χ4v) is 5.17. The van der Waals surface area contributed by atoms with Gasteiger partial charge in [-0.1, -0.05) is 24.3 Å². The Kier molecular flexibility index (Phi) is 4.03. The molecule has 3 heterocycles. The number of nitrogens with two attached hydrogens (primary N) is 1. The molecule has 3 N–H and O–H groups in total. The van der Waals surface area contributed by atoms with Gasteiger partial charge in [-0.2, -0.15) is 5.10 Å². The Hall–Kier alpha value is -3.79. The van der Waals surface area contributed by atoms with Crippen LogP contribution in [0.15, 0.2) is 69.3 Å². The number of rotatable bonds is 4. The second-order valence-electron chi connectivity index (χ2n) is 6.77. The molecule has 10 heteroatoms. The number of aromatic nitrogens is 3. The molecule has 0 saturated heterocycles. The molecule has 9 nitrogen and oxygen atoms in total. The quantitative estimate of drug-likeness (QED) is 0.512. The first-order chi connectivity index (χ1) is 14.5. The van der Waals surface area contributed by atoms with Crippen LogP contribution >= 0.6 is 0 Å². The molecule has 0 saturated carbocycles. The topological polar surface area (TPSA) is 129 Å². The smallest absolute Gasteiger partial charge is 0.288 e. The van der Waals surface area contributed by atoms with Crippen LogP contribution in [-0.4, -0.2) is 30.0 Å². The number of hydrogen-bond donors (Lipinski definition) is 2. The summed E-state index contributed by atoms with van der Waals surface area (Å²) in [5.41, 5.74) is 6.68. The number of nitrogens with one attached hydrogen (secondary N) is 1. The summed E-state index contributed by atoms with van der Waals surface area (Å²) in [7, 11) is -3.98. The van der Waals surface area contributed by atoms with Gasteiger partial charge < -0.3 is 19.8 Å². The summed E-state index contributed by atoms with van der Waals surface area (Å²) in [6.45, 7) is 0.300. The predicted molar refractivity (Wildman–Crippen MR) is 108 cm³/mol. The maximum atomic E-state index is 13.3. The predicted octanol–water partition coefficient (Wildman–Crippen LogP) is 1.92. The average molecular weight is 424 g/mol. The summed E-state index contributed by atoms with van der Waals surface area (Å²) in [5, 5.41) is 6.30. The van der Waals surface area contributed by atoms with E-state index in [1.807, 2.05) is 0 Å². The van der Waals surface area contributed by atoms with Gasteiger partial charge in [-0.05, 0) is 29.8 Å². The van der Waals surface area contributed by atoms with E-state index in [-0.39, 0.29) is 39.8 Å². The van der Waals surface area contributed by atoms with Crippen molar-refractivity contribution in [1.29, 1.82) is 0 Å². The Bertz CT molecular complexity index is 1440. The summed E-state index contributed by atoms with van der Waals surface area (Å²) in [6.07, 6.45) is 1.30. The lowest BCUT2D eigenvalue weighted by Gasteiger charge is -2.09. The summed E-state index contributed by atoms with van der Waals surface area (Å²) in [6, 6.07) is 13.3. The number of hydrogen-bond acceptors (Lipinski definition) is 7. The average Bonchev–Trinajstić information content (AvgIpc) is 3.32. The molecular formula is C20H16N4O5S. The SMILES string of the molecule is Nc1c(S(=O)(=O)c2ccccc2)c2cn[nH]c(=O)c2n1Cc1ccc2c(c1)OCO2. The molecule has 4 aromatic rings. The van der Waals surface area contributed by atoms with Gasteiger partial charge in [0.2, 0.25) is 16.6 Å². The van der Waals surface area contributed by atoms with Gasteiger partial charge in [-0.25, -0.2) is 13.5 Å². The minimum Gasteiger partial charge on any atom is -0.454 e. The van der Waals surface area contributed by atoms with Crippen molar-refractivity contribution in [3.8, 4) is 11.5 Å². The molecule has 0 bridgehead atoms. The lowest BCUT2D eigenvalue weighted by Crippen LogP contribution is -2.14. The van der Waals surface area contributed by atoms with Crippen molar-refractivity contribution in [3.63, 3.8) is 0 Å². The van der Waals surface area contributed by atoms with E-state index in [4.69, 9.17) is 15.2 Å². The number of aromatic amines is 1. The molecular weight excluding hydrogens is 408 g/mol. The van der Waals surface area contributed by atoms with Crippen molar-refractivity contribution in [2.75, 3.05) is 12.5 Å². The van der Waals surface area contributed by atoms with E-state index >= 15 is 0 Å². The van der Waals surface area contributed by atoms with Gasteiger partial charge in [-0.15, -0.1) is 0 Å². The molecule has 0 amide bonds. The van der Waals surface area contributed by atoms with Gasteiger partial charge >= 0.3 is 0 Å². The summed E-state index contributed by atoms with van der Waals surface area (Å²) < 4.78 is 38.9. The maximum absolute atomic E-state index is 13.3. The highest BCUT2D eigenvalue weighted by Crippen LogP contribution is 2.36. The number of fused-ring (bicyclic) bond motifs is 2.